The molecule has 0 spiro atoms. The monoisotopic (exact) mass is 402 g/mol. The second-order valence-electron chi connectivity index (χ2n) is 8.03. The van der Waals surface area contributed by atoms with Crippen molar-refractivity contribution >= 4 is 27.3 Å². The lowest BCUT2D eigenvalue weighted by atomic mass is 10.2. The van der Waals surface area contributed by atoms with Crippen molar-refractivity contribution in [3.63, 3.8) is 0 Å². The molecule has 0 bridgehead atoms. The third-order valence-electron chi connectivity index (χ3n) is 4.50. The smallest absolute Gasteiger partial charge is 0.255 e. The van der Waals surface area contributed by atoms with Crippen LogP contribution in [0.2, 0.25) is 0 Å². The van der Waals surface area contributed by atoms with E-state index in [4.69, 9.17) is 4.74 Å². The molecule has 1 amide bonds. The SMILES string of the molecule is CC(C)(C)S(=O)(=O)Nc1ccc(C(=O)Nc2ccc(OCC3CC3)cc2)cc1. The summed E-state index contributed by atoms with van der Waals surface area (Å²) in [6.07, 6.45) is 2.48. The zero-order chi connectivity index (χ0) is 20.4. The van der Waals surface area contributed by atoms with Crippen LogP contribution in [0.15, 0.2) is 48.5 Å². The first kappa shape index (κ1) is 20.2. The highest BCUT2D eigenvalue weighted by Gasteiger charge is 2.28. The van der Waals surface area contributed by atoms with E-state index in [1.54, 1.807) is 57.2 Å². The number of carbonyl (C=O) groups excluding carboxylic acids is 1. The van der Waals surface area contributed by atoms with Gasteiger partial charge >= 0.3 is 0 Å². The molecule has 1 aliphatic carbocycles. The second kappa shape index (κ2) is 7.83. The van der Waals surface area contributed by atoms with Gasteiger partial charge in [0.2, 0.25) is 10.0 Å². The van der Waals surface area contributed by atoms with Gasteiger partial charge < -0.3 is 10.1 Å². The molecule has 1 saturated carbocycles. The number of anilines is 2. The van der Waals surface area contributed by atoms with E-state index in [2.05, 4.69) is 10.0 Å². The van der Waals surface area contributed by atoms with Gasteiger partial charge in [0.05, 0.1) is 11.4 Å². The van der Waals surface area contributed by atoms with Crippen LogP contribution >= 0.6 is 0 Å². The minimum atomic E-state index is -3.51. The average molecular weight is 403 g/mol. The van der Waals surface area contributed by atoms with E-state index < -0.39 is 14.8 Å². The van der Waals surface area contributed by atoms with Gasteiger partial charge in [0, 0.05) is 16.9 Å². The van der Waals surface area contributed by atoms with Crippen LogP contribution in [-0.2, 0) is 10.0 Å². The molecule has 0 saturated heterocycles. The maximum absolute atomic E-state index is 12.4. The summed E-state index contributed by atoms with van der Waals surface area (Å²) in [6, 6.07) is 13.6. The lowest BCUT2D eigenvalue weighted by molar-refractivity contribution is 0.102. The summed E-state index contributed by atoms with van der Waals surface area (Å²) in [6.45, 7) is 5.62. The van der Waals surface area contributed by atoms with Crippen molar-refractivity contribution in [3.05, 3.63) is 54.1 Å². The predicted octanol–water partition coefficient (Wildman–Crippen LogP) is 4.27. The first-order chi connectivity index (χ1) is 13.1. The second-order valence-corrected chi connectivity index (χ2v) is 10.5. The molecule has 2 N–H and O–H groups in total. The van der Waals surface area contributed by atoms with Crippen LogP contribution < -0.4 is 14.8 Å². The molecule has 0 unspecified atom stereocenters. The van der Waals surface area contributed by atoms with Crippen molar-refractivity contribution in [2.45, 2.75) is 38.4 Å². The van der Waals surface area contributed by atoms with E-state index in [1.165, 1.54) is 12.8 Å². The number of ether oxygens (including phenoxy) is 1. The summed E-state index contributed by atoms with van der Waals surface area (Å²) in [4.78, 5) is 12.4. The number of benzene rings is 2. The van der Waals surface area contributed by atoms with E-state index in [9.17, 15) is 13.2 Å². The molecule has 7 heteroatoms. The quantitative estimate of drug-likeness (QED) is 0.724. The molecule has 28 heavy (non-hydrogen) atoms. The van der Waals surface area contributed by atoms with Gasteiger partial charge in [-0.05, 0) is 88.1 Å². The lowest BCUT2D eigenvalue weighted by Crippen LogP contribution is -2.33. The molecule has 2 aromatic carbocycles. The Labute approximate surface area is 166 Å². The fraction of sp³-hybridized carbons (Fsp3) is 0.381. The molecular formula is C21H26N2O4S. The standard InChI is InChI=1S/C21H26N2O4S/c1-21(2,3)28(25,26)23-18-8-6-16(7-9-18)20(24)22-17-10-12-19(13-11-17)27-14-15-4-5-15/h6-13,15,23H,4-5,14H2,1-3H3,(H,22,24). The van der Waals surface area contributed by atoms with Crippen molar-refractivity contribution in [2.24, 2.45) is 5.92 Å². The van der Waals surface area contributed by atoms with Crippen LogP contribution in [0.1, 0.15) is 44.0 Å². The zero-order valence-electron chi connectivity index (χ0n) is 16.4. The lowest BCUT2D eigenvalue weighted by Gasteiger charge is -2.20. The Morgan fingerprint density at radius 1 is 1.00 bits per heavy atom. The number of sulfonamides is 1. The maximum atomic E-state index is 12.4. The number of nitrogens with one attached hydrogen (secondary N) is 2. The number of hydrogen-bond acceptors (Lipinski definition) is 4. The largest absolute Gasteiger partial charge is 0.493 e. The van der Waals surface area contributed by atoms with E-state index in [1.807, 2.05) is 12.1 Å². The minimum absolute atomic E-state index is 0.267. The summed E-state index contributed by atoms with van der Waals surface area (Å²) < 4.78 is 31.7. The average Bonchev–Trinajstić information content (AvgIpc) is 3.45. The van der Waals surface area contributed by atoms with Gasteiger partial charge in [-0.2, -0.15) is 0 Å². The Kier molecular flexibility index (Phi) is 5.65. The van der Waals surface area contributed by atoms with Crippen LogP contribution in [0.3, 0.4) is 0 Å². The van der Waals surface area contributed by atoms with Crippen LogP contribution in [0, 0.1) is 5.92 Å². The molecule has 0 aliphatic heterocycles. The molecule has 6 nitrogen and oxygen atoms in total. The van der Waals surface area contributed by atoms with E-state index in [0.717, 1.165) is 12.4 Å². The van der Waals surface area contributed by atoms with Crippen molar-refractivity contribution < 1.29 is 17.9 Å². The van der Waals surface area contributed by atoms with E-state index >= 15 is 0 Å². The normalized spacial score (nSPS) is 14.4. The molecule has 150 valence electrons. The van der Waals surface area contributed by atoms with Crippen LogP contribution in [0.5, 0.6) is 5.75 Å². The van der Waals surface area contributed by atoms with E-state index in [0.29, 0.717) is 22.9 Å². The molecule has 1 aliphatic rings. The van der Waals surface area contributed by atoms with Gasteiger partial charge in [0.25, 0.3) is 5.91 Å². The van der Waals surface area contributed by atoms with Crippen molar-refractivity contribution in [3.8, 4) is 5.75 Å². The third kappa shape index (κ3) is 5.25. The van der Waals surface area contributed by atoms with Crippen LogP contribution in [0.4, 0.5) is 11.4 Å². The van der Waals surface area contributed by atoms with Crippen LogP contribution in [0.25, 0.3) is 0 Å². The number of rotatable bonds is 7. The summed E-state index contributed by atoms with van der Waals surface area (Å²) in [5, 5.41) is 2.82. The summed E-state index contributed by atoms with van der Waals surface area (Å²) >= 11 is 0. The van der Waals surface area contributed by atoms with Crippen molar-refractivity contribution in [2.75, 3.05) is 16.6 Å². The Hall–Kier alpha value is -2.54. The van der Waals surface area contributed by atoms with Gasteiger partial charge in [-0.25, -0.2) is 8.42 Å². The number of amides is 1. The molecule has 2 aromatic rings. The van der Waals surface area contributed by atoms with Gasteiger partial charge in [0.1, 0.15) is 5.75 Å². The highest BCUT2D eigenvalue weighted by Crippen LogP contribution is 2.29. The Bertz CT molecular complexity index is 926. The molecule has 0 atom stereocenters. The van der Waals surface area contributed by atoms with Crippen molar-refractivity contribution in [1.82, 2.24) is 0 Å². The summed E-state index contributed by atoms with van der Waals surface area (Å²) in [5.74, 6) is 1.22. The Morgan fingerprint density at radius 2 is 1.57 bits per heavy atom. The number of hydrogen-bond donors (Lipinski definition) is 2. The molecule has 0 aromatic heterocycles. The van der Waals surface area contributed by atoms with E-state index in [-0.39, 0.29) is 5.91 Å². The van der Waals surface area contributed by atoms with Gasteiger partial charge in [0.15, 0.2) is 0 Å². The minimum Gasteiger partial charge on any atom is -0.493 e. The third-order valence-corrected chi connectivity index (χ3v) is 6.62. The van der Waals surface area contributed by atoms with Gasteiger partial charge in [-0.3, -0.25) is 9.52 Å². The first-order valence-electron chi connectivity index (χ1n) is 9.31. The highest BCUT2D eigenvalue weighted by atomic mass is 32.2. The zero-order valence-corrected chi connectivity index (χ0v) is 17.2. The highest BCUT2D eigenvalue weighted by molar-refractivity contribution is 7.94. The fourth-order valence-electron chi connectivity index (χ4n) is 2.33. The Morgan fingerprint density at radius 3 is 2.11 bits per heavy atom. The first-order valence-corrected chi connectivity index (χ1v) is 10.8. The molecule has 1 fully saturated rings. The molecule has 0 heterocycles. The Balaban J connectivity index is 1.58. The molecular weight excluding hydrogens is 376 g/mol. The topological polar surface area (TPSA) is 84.5 Å². The summed E-state index contributed by atoms with van der Waals surface area (Å²) in [5.41, 5.74) is 1.53. The fourth-order valence-corrected chi connectivity index (χ4v) is 3.09. The molecule has 0 radical (unpaired) electrons. The van der Waals surface area contributed by atoms with Crippen molar-refractivity contribution in [1.29, 1.82) is 0 Å². The van der Waals surface area contributed by atoms with Gasteiger partial charge in [-0.15, -0.1) is 0 Å². The maximum Gasteiger partial charge on any atom is 0.255 e. The van der Waals surface area contributed by atoms with Gasteiger partial charge in [-0.1, -0.05) is 0 Å². The molecule has 3 rings (SSSR count). The van der Waals surface area contributed by atoms with Crippen LogP contribution in [-0.4, -0.2) is 25.7 Å². The predicted molar refractivity (Wildman–Crippen MR) is 111 cm³/mol. The number of carbonyl (C=O) groups is 1. The summed E-state index contributed by atoms with van der Waals surface area (Å²) in [7, 11) is -3.51.